The van der Waals surface area contributed by atoms with Gasteiger partial charge in [-0.05, 0) is 12.0 Å². The Balaban J connectivity index is 1.74. The van der Waals surface area contributed by atoms with E-state index in [2.05, 4.69) is 29.1 Å². The second-order valence-electron chi connectivity index (χ2n) is 4.83. The van der Waals surface area contributed by atoms with Crippen LogP contribution < -0.4 is 5.32 Å². The van der Waals surface area contributed by atoms with Crippen LogP contribution in [0.5, 0.6) is 0 Å². The summed E-state index contributed by atoms with van der Waals surface area (Å²) in [5.41, 5.74) is 0. The molecule has 5 nitrogen and oxygen atoms in total. The summed E-state index contributed by atoms with van der Waals surface area (Å²) in [6, 6.07) is 2.15. The Kier molecular flexibility index (Phi) is 3.56. The van der Waals surface area contributed by atoms with Crippen LogP contribution in [-0.2, 0) is 4.79 Å². The van der Waals surface area contributed by atoms with Gasteiger partial charge in [-0.3, -0.25) is 4.79 Å². The van der Waals surface area contributed by atoms with Crippen molar-refractivity contribution in [3.05, 3.63) is 18.6 Å². The van der Waals surface area contributed by atoms with Crippen LogP contribution >= 0.6 is 0 Å². The Bertz CT molecular complexity index is 373. The van der Waals surface area contributed by atoms with E-state index in [1.165, 1.54) is 6.33 Å². The first-order valence-corrected chi connectivity index (χ1v) is 5.95. The fourth-order valence-corrected chi connectivity index (χ4v) is 1.84. The van der Waals surface area contributed by atoms with E-state index in [-0.39, 0.29) is 5.91 Å². The molecule has 1 saturated heterocycles. The van der Waals surface area contributed by atoms with Crippen LogP contribution in [0, 0.1) is 5.92 Å². The predicted octanol–water partition coefficient (Wildman–Crippen LogP) is 1.15. The normalized spacial score (nSPS) is 15.8. The zero-order valence-electron chi connectivity index (χ0n) is 10.3. The number of anilines is 1. The molecule has 0 saturated carbocycles. The van der Waals surface area contributed by atoms with Crippen LogP contribution in [0.2, 0.25) is 0 Å². The van der Waals surface area contributed by atoms with Crippen LogP contribution in [0.1, 0.15) is 20.3 Å². The minimum Gasteiger partial charge on any atom is -0.364 e. The van der Waals surface area contributed by atoms with Crippen LogP contribution in [0.4, 0.5) is 5.82 Å². The van der Waals surface area contributed by atoms with Crippen LogP contribution in [0.3, 0.4) is 0 Å². The Labute approximate surface area is 101 Å². The van der Waals surface area contributed by atoms with Crippen molar-refractivity contribution in [3.63, 3.8) is 0 Å². The highest BCUT2D eigenvalue weighted by atomic mass is 16.2. The number of carbonyl (C=O) groups is 1. The van der Waals surface area contributed by atoms with Gasteiger partial charge in [0.05, 0.1) is 6.04 Å². The van der Waals surface area contributed by atoms with Crippen molar-refractivity contribution in [3.8, 4) is 0 Å². The second-order valence-corrected chi connectivity index (χ2v) is 4.83. The van der Waals surface area contributed by atoms with Crippen molar-refractivity contribution in [2.24, 2.45) is 5.92 Å². The molecule has 1 aliphatic rings. The van der Waals surface area contributed by atoms with Crippen molar-refractivity contribution >= 4 is 11.7 Å². The van der Waals surface area contributed by atoms with Gasteiger partial charge in [0.2, 0.25) is 5.91 Å². The molecule has 0 bridgehead atoms. The lowest BCUT2D eigenvalue weighted by Crippen LogP contribution is -2.57. The van der Waals surface area contributed by atoms with E-state index in [0.29, 0.717) is 18.4 Å². The van der Waals surface area contributed by atoms with E-state index >= 15 is 0 Å². The lowest BCUT2D eigenvalue weighted by Gasteiger charge is -2.40. The molecule has 0 atom stereocenters. The minimum atomic E-state index is 0.251. The maximum Gasteiger partial charge on any atom is 0.222 e. The van der Waals surface area contributed by atoms with Crippen molar-refractivity contribution in [1.82, 2.24) is 14.9 Å². The van der Waals surface area contributed by atoms with E-state index in [1.807, 2.05) is 11.0 Å². The monoisotopic (exact) mass is 234 g/mol. The molecule has 1 aromatic heterocycles. The molecule has 92 valence electrons. The number of aromatic nitrogens is 2. The standard InChI is InChI=1S/C12H18N4O/c1-9(2)5-12(17)16-6-10(7-16)15-11-3-4-13-8-14-11/h3-4,8-10H,5-7H2,1-2H3,(H,13,14,15). The third kappa shape index (κ3) is 3.15. The molecule has 5 heteroatoms. The molecule has 0 aliphatic carbocycles. The van der Waals surface area contributed by atoms with Crippen LogP contribution in [-0.4, -0.2) is 39.9 Å². The van der Waals surface area contributed by atoms with Gasteiger partial charge in [0.15, 0.2) is 0 Å². The summed E-state index contributed by atoms with van der Waals surface area (Å²) in [7, 11) is 0. The molecule has 2 rings (SSSR count). The molecular formula is C12H18N4O. The molecule has 1 aliphatic heterocycles. The molecule has 1 N–H and O–H groups in total. The summed E-state index contributed by atoms with van der Waals surface area (Å²) in [6.45, 7) is 5.67. The maximum atomic E-state index is 11.7. The molecule has 0 spiro atoms. The molecule has 0 unspecified atom stereocenters. The predicted molar refractivity (Wildman–Crippen MR) is 65.5 cm³/mol. The van der Waals surface area contributed by atoms with Gasteiger partial charge in [0, 0.05) is 25.7 Å². The van der Waals surface area contributed by atoms with Gasteiger partial charge < -0.3 is 10.2 Å². The molecular weight excluding hydrogens is 216 g/mol. The maximum absolute atomic E-state index is 11.7. The Morgan fingerprint density at radius 2 is 2.35 bits per heavy atom. The van der Waals surface area contributed by atoms with Gasteiger partial charge in [-0.15, -0.1) is 0 Å². The summed E-state index contributed by atoms with van der Waals surface area (Å²) >= 11 is 0. The summed E-state index contributed by atoms with van der Waals surface area (Å²) in [6.07, 6.45) is 3.86. The van der Waals surface area contributed by atoms with Gasteiger partial charge >= 0.3 is 0 Å². The first-order chi connectivity index (χ1) is 8.15. The summed E-state index contributed by atoms with van der Waals surface area (Å²) in [5.74, 6) is 1.50. The van der Waals surface area contributed by atoms with Gasteiger partial charge in [-0.2, -0.15) is 0 Å². The molecule has 1 amide bonds. The fraction of sp³-hybridized carbons (Fsp3) is 0.583. The van der Waals surface area contributed by atoms with E-state index in [9.17, 15) is 4.79 Å². The van der Waals surface area contributed by atoms with E-state index in [4.69, 9.17) is 0 Å². The summed E-state index contributed by atoms with van der Waals surface area (Å²) in [5, 5.41) is 3.27. The topological polar surface area (TPSA) is 58.1 Å². The number of amides is 1. The van der Waals surface area contributed by atoms with E-state index in [1.54, 1.807) is 6.20 Å². The van der Waals surface area contributed by atoms with Gasteiger partial charge in [0.1, 0.15) is 12.1 Å². The fourth-order valence-electron chi connectivity index (χ4n) is 1.84. The summed E-state index contributed by atoms with van der Waals surface area (Å²) in [4.78, 5) is 21.5. The van der Waals surface area contributed by atoms with Crippen molar-refractivity contribution in [2.75, 3.05) is 18.4 Å². The van der Waals surface area contributed by atoms with Crippen molar-refractivity contribution in [2.45, 2.75) is 26.3 Å². The number of nitrogens with one attached hydrogen (secondary N) is 1. The lowest BCUT2D eigenvalue weighted by molar-refractivity contribution is -0.135. The molecule has 1 fully saturated rings. The molecule has 2 heterocycles. The number of rotatable bonds is 4. The molecule has 17 heavy (non-hydrogen) atoms. The number of hydrogen-bond acceptors (Lipinski definition) is 4. The van der Waals surface area contributed by atoms with Crippen LogP contribution in [0.25, 0.3) is 0 Å². The van der Waals surface area contributed by atoms with Crippen molar-refractivity contribution in [1.29, 1.82) is 0 Å². The average molecular weight is 234 g/mol. The van der Waals surface area contributed by atoms with Gasteiger partial charge in [-0.1, -0.05) is 13.8 Å². The number of likely N-dealkylation sites (tertiary alicyclic amines) is 1. The Morgan fingerprint density at radius 1 is 1.59 bits per heavy atom. The largest absolute Gasteiger partial charge is 0.364 e. The third-order valence-corrected chi connectivity index (χ3v) is 2.75. The second kappa shape index (κ2) is 5.12. The van der Waals surface area contributed by atoms with E-state index in [0.717, 1.165) is 18.9 Å². The lowest BCUT2D eigenvalue weighted by atomic mass is 10.0. The Morgan fingerprint density at radius 3 is 2.94 bits per heavy atom. The van der Waals surface area contributed by atoms with Crippen molar-refractivity contribution < 1.29 is 4.79 Å². The third-order valence-electron chi connectivity index (χ3n) is 2.75. The van der Waals surface area contributed by atoms with Gasteiger partial charge in [-0.25, -0.2) is 9.97 Å². The highest BCUT2D eigenvalue weighted by molar-refractivity contribution is 5.77. The summed E-state index contributed by atoms with van der Waals surface area (Å²) < 4.78 is 0. The quantitative estimate of drug-likeness (QED) is 0.849. The van der Waals surface area contributed by atoms with Gasteiger partial charge in [0.25, 0.3) is 0 Å². The molecule has 1 aromatic rings. The first-order valence-electron chi connectivity index (χ1n) is 5.95. The highest BCUT2D eigenvalue weighted by Gasteiger charge is 2.30. The molecule has 0 aromatic carbocycles. The average Bonchev–Trinajstić information content (AvgIpc) is 2.23. The highest BCUT2D eigenvalue weighted by Crippen LogP contribution is 2.15. The zero-order valence-corrected chi connectivity index (χ0v) is 10.3. The first kappa shape index (κ1) is 11.8. The number of hydrogen-bond donors (Lipinski definition) is 1. The SMILES string of the molecule is CC(C)CC(=O)N1CC(Nc2ccncn2)C1. The Hall–Kier alpha value is -1.65. The van der Waals surface area contributed by atoms with Crippen LogP contribution in [0.15, 0.2) is 18.6 Å². The smallest absolute Gasteiger partial charge is 0.222 e. The number of carbonyl (C=O) groups excluding carboxylic acids is 1. The van der Waals surface area contributed by atoms with E-state index < -0.39 is 0 Å². The molecule has 0 radical (unpaired) electrons. The zero-order chi connectivity index (χ0) is 12.3. The minimum absolute atomic E-state index is 0.251. The number of nitrogens with zero attached hydrogens (tertiary/aromatic N) is 3.